The number of carbonyl (C=O) groups excluding carboxylic acids is 1. The van der Waals surface area contributed by atoms with Crippen LogP contribution in [0.1, 0.15) is 29.2 Å². The van der Waals surface area contributed by atoms with Crippen molar-refractivity contribution in [1.29, 1.82) is 0 Å². The number of nitrogens with one attached hydrogen (secondary N) is 1. The normalized spacial score (nSPS) is 17.5. The Kier molecular flexibility index (Phi) is 4.39. The molecule has 0 unspecified atom stereocenters. The van der Waals surface area contributed by atoms with Crippen molar-refractivity contribution < 1.29 is 13.9 Å². The number of nitrogens with zero attached hydrogens (tertiary/aromatic N) is 1. The monoisotopic (exact) mass is 302 g/mol. The van der Waals surface area contributed by atoms with Crippen molar-refractivity contribution in [3.8, 4) is 0 Å². The lowest BCUT2D eigenvalue weighted by Gasteiger charge is -2.09. The van der Waals surface area contributed by atoms with E-state index in [0.717, 1.165) is 19.4 Å². The molecule has 0 aromatic carbocycles. The van der Waals surface area contributed by atoms with Gasteiger partial charge in [0.25, 0.3) is 11.5 Å². The zero-order valence-electron chi connectivity index (χ0n) is 12.2. The van der Waals surface area contributed by atoms with Crippen LogP contribution in [0.2, 0.25) is 0 Å². The fourth-order valence-electron chi connectivity index (χ4n) is 2.44. The number of amides is 1. The van der Waals surface area contributed by atoms with Gasteiger partial charge < -0.3 is 19.0 Å². The highest BCUT2D eigenvalue weighted by Crippen LogP contribution is 2.12. The minimum Gasteiger partial charge on any atom is -0.454 e. The average molecular weight is 302 g/mol. The summed E-state index contributed by atoms with van der Waals surface area (Å²) in [6.07, 6.45) is 3.79. The fraction of sp³-hybridized carbons (Fsp3) is 0.375. The van der Waals surface area contributed by atoms with Gasteiger partial charge in [0, 0.05) is 25.4 Å². The Morgan fingerprint density at radius 1 is 1.32 bits per heavy atom. The topological polar surface area (TPSA) is 73.5 Å². The SMILES string of the molecule is O=C(NC[C@H]1CCCO1)c1ccc(Cn2ccccc2=O)o1. The van der Waals surface area contributed by atoms with Gasteiger partial charge in [0.05, 0.1) is 12.6 Å². The van der Waals surface area contributed by atoms with Crippen LogP contribution in [0.5, 0.6) is 0 Å². The van der Waals surface area contributed by atoms with Gasteiger partial charge in [-0.25, -0.2) is 0 Å². The Morgan fingerprint density at radius 3 is 3.00 bits per heavy atom. The molecule has 1 aliphatic rings. The Bertz CT molecular complexity index is 698. The van der Waals surface area contributed by atoms with Crippen molar-refractivity contribution in [3.63, 3.8) is 0 Å². The smallest absolute Gasteiger partial charge is 0.287 e. The van der Waals surface area contributed by atoms with E-state index < -0.39 is 0 Å². The molecule has 0 radical (unpaired) electrons. The van der Waals surface area contributed by atoms with E-state index in [1.807, 2.05) is 0 Å². The predicted molar refractivity (Wildman–Crippen MR) is 79.8 cm³/mol. The predicted octanol–water partition coefficient (Wildman–Crippen LogP) is 1.40. The zero-order chi connectivity index (χ0) is 15.4. The third-order valence-corrected chi connectivity index (χ3v) is 3.62. The van der Waals surface area contributed by atoms with Gasteiger partial charge >= 0.3 is 0 Å². The molecule has 1 fully saturated rings. The lowest BCUT2D eigenvalue weighted by Crippen LogP contribution is -2.31. The highest BCUT2D eigenvalue weighted by molar-refractivity contribution is 5.91. The summed E-state index contributed by atoms with van der Waals surface area (Å²) in [6, 6.07) is 8.28. The lowest BCUT2D eigenvalue weighted by molar-refractivity contribution is 0.0833. The maximum atomic E-state index is 12.0. The van der Waals surface area contributed by atoms with E-state index in [4.69, 9.17) is 9.15 Å². The number of pyridine rings is 1. The molecule has 6 nitrogen and oxygen atoms in total. The number of aromatic nitrogens is 1. The molecule has 0 aliphatic carbocycles. The van der Waals surface area contributed by atoms with Crippen LogP contribution in [-0.2, 0) is 11.3 Å². The minimum atomic E-state index is -0.262. The highest BCUT2D eigenvalue weighted by Gasteiger charge is 2.18. The zero-order valence-corrected chi connectivity index (χ0v) is 12.2. The van der Waals surface area contributed by atoms with Gasteiger partial charge in [0.15, 0.2) is 5.76 Å². The van der Waals surface area contributed by atoms with Gasteiger partial charge in [-0.15, -0.1) is 0 Å². The Hall–Kier alpha value is -2.34. The summed E-state index contributed by atoms with van der Waals surface area (Å²) in [5.41, 5.74) is -0.108. The highest BCUT2D eigenvalue weighted by atomic mass is 16.5. The van der Waals surface area contributed by atoms with Crippen molar-refractivity contribution in [2.45, 2.75) is 25.5 Å². The second kappa shape index (κ2) is 6.62. The quantitative estimate of drug-likeness (QED) is 0.906. The van der Waals surface area contributed by atoms with E-state index in [-0.39, 0.29) is 23.3 Å². The summed E-state index contributed by atoms with van der Waals surface area (Å²) in [5, 5.41) is 2.80. The summed E-state index contributed by atoms with van der Waals surface area (Å²) >= 11 is 0. The maximum absolute atomic E-state index is 12.0. The van der Waals surface area contributed by atoms with Crippen LogP contribution in [0.4, 0.5) is 0 Å². The molecule has 0 bridgehead atoms. The molecular weight excluding hydrogens is 284 g/mol. The van der Waals surface area contributed by atoms with Gasteiger partial charge in [-0.2, -0.15) is 0 Å². The summed E-state index contributed by atoms with van der Waals surface area (Å²) < 4.78 is 12.5. The van der Waals surface area contributed by atoms with Crippen LogP contribution in [0.25, 0.3) is 0 Å². The molecule has 2 aromatic heterocycles. The largest absolute Gasteiger partial charge is 0.454 e. The molecule has 1 amide bonds. The van der Waals surface area contributed by atoms with E-state index in [0.29, 0.717) is 18.8 Å². The van der Waals surface area contributed by atoms with E-state index in [9.17, 15) is 9.59 Å². The second-order valence-electron chi connectivity index (χ2n) is 5.28. The summed E-state index contributed by atoms with van der Waals surface area (Å²) in [6.45, 7) is 1.56. The van der Waals surface area contributed by atoms with E-state index in [2.05, 4.69) is 5.32 Å². The Morgan fingerprint density at radius 2 is 2.23 bits per heavy atom. The average Bonchev–Trinajstić information content (AvgIpc) is 3.19. The summed E-state index contributed by atoms with van der Waals surface area (Å²) in [4.78, 5) is 23.6. The third kappa shape index (κ3) is 3.46. The molecule has 1 atom stereocenters. The van der Waals surface area contributed by atoms with Crippen molar-refractivity contribution in [3.05, 3.63) is 58.4 Å². The number of hydrogen-bond acceptors (Lipinski definition) is 4. The van der Waals surface area contributed by atoms with Crippen molar-refractivity contribution >= 4 is 5.91 Å². The third-order valence-electron chi connectivity index (χ3n) is 3.62. The molecule has 2 aromatic rings. The molecule has 6 heteroatoms. The number of hydrogen-bond donors (Lipinski definition) is 1. The van der Waals surface area contributed by atoms with Crippen LogP contribution >= 0.6 is 0 Å². The molecule has 1 saturated heterocycles. The van der Waals surface area contributed by atoms with Crippen molar-refractivity contribution in [1.82, 2.24) is 9.88 Å². The molecule has 22 heavy (non-hydrogen) atoms. The van der Waals surface area contributed by atoms with E-state index in [1.54, 1.807) is 30.5 Å². The first-order valence-electron chi connectivity index (χ1n) is 7.36. The van der Waals surface area contributed by atoms with Gasteiger partial charge in [-0.3, -0.25) is 9.59 Å². The van der Waals surface area contributed by atoms with E-state index in [1.165, 1.54) is 10.6 Å². The molecular formula is C16H18N2O4. The van der Waals surface area contributed by atoms with Crippen LogP contribution < -0.4 is 10.9 Å². The van der Waals surface area contributed by atoms with E-state index >= 15 is 0 Å². The summed E-state index contributed by atoms with van der Waals surface area (Å²) in [5.74, 6) is 0.551. The number of rotatable bonds is 5. The van der Waals surface area contributed by atoms with Gasteiger partial charge in [-0.1, -0.05) is 6.07 Å². The van der Waals surface area contributed by atoms with Crippen LogP contribution in [0.15, 0.2) is 45.7 Å². The lowest BCUT2D eigenvalue weighted by atomic mass is 10.2. The van der Waals surface area contributed by atoms with Crippen LogP contribution in [-0.4, -0.2) is 29.7 Å². The molecule has 116 valence electrons. The minimum absolute atomic E-state index is 0.0984. The van der Waals surface area contributed by atoms with Gasteiger partial charge in [0.2, 0.25) is 0 Å². The molecule has 0 saturated carbocycles. The fourth-order valence-corrected chi connectivity index (χ4v) is 2.44. The molecule has 3 rings (SSSR count). The standard InChI is InChI=1S/C16H18N2O4/c19-15-5-1-2-8-18(15)11-13-6-7-14(22-13)16(20)17-10-12-4-3-9-21-12/h1-2,5-8,12H,3-4,9-11H2,(H,17,20)/t12-/m1/s1. The first-order valence-corrected chi connectivity index (χ1v) is 7.36. The van der Waals surface area contributed by atoms with Crippen LogP contribution in [0.3, 0.4) is 0 Å². The molecule has 1 aliphatic heterocycles. The van der Waals surface area contributed by atoms with Crippen LogP contribution in [0, 0.1) is 0 Å². The molecule has 0 spiro atoms. The Balaban J connectivity index is 1.59. The Labute approximate surface area is 127 Å². The second-order valence-corrected chi connectivity index (χ2v) is 5.28. The van der Waals surface area contributed by atoms with Gasteiger partial charge in [0.1, 0.15) is 5.76 Å². The molecule has 3 heterocycles. The number of ether oxygens (including phenoxy) is 1. The first-order chi connectivity index (χ1) is 10.7. The number of carbonyl (C=O) groups is 1. The molecule has 1 N–H and O–H groups in total. The van der Waals surface area contributed by atoms with Crippen molar-refractivity contribution in [2.75, 3.05) is 13.2 Å². The summed E-state index contributed by atoms with van der Waals surface area (Å²) in [7, 11) is 0. The van der Waals surface area contributed by atoms with Crippen molar-refractivity contribution in [2.24, 2.45) is 0 Å². The van der Waals surface area contributed by atoms with Gasteiger partial charge in [-0.05, 0) is 31.0 Å². The first kappa shape index (κ1) is 14.6. The maximum Gasteiger partial charge on any atom is 0.287 e. The number of furan rings is 1.